The number of aromatic nitrogens is 3. The van der Waals surface area contributed by atoms with Gasteiger partial charge in [-0.15, -0.1) is 0 Å². The Hall–Kier alpha value is -2.84. The maximum Gasteiger partial charge on any atom is 0.233 e. The molecular weight excluding hydrogens is 411 g/mol. The summed E-state index contributed by atoms with van der Waals surface area (Å²) >= 11 is 0. The van der Waals surface area contributed by atoms with E-state index < -0.39 is 5.41 Å². The minimum atomic E-state index is -0.896. The van der Waals surface area contributed by atoms with Gasteiger partial charge in [-0.3, -0.25) is 4.79 Å². The van der Waals surface area contributed by atoms with Crippen LogP contribution in [0.15, 0.2) is 48.8 Å². The van der Waals surface area contributed by atoms with Gasteiger partial charge in [-0.1, -0.05) is 18.2 Å². The van der Waals surface area contributed by atoms with Crippen molar-refractivity contribution in [3.63, 3.8) is 0 Å². The zero-order valence-corrected chi connectivity index (χ0v) is 18.0. The maximum absolute atomic E-state index is 14.8. The minimum Gasteiger partial charge on any atom is -0.381 e. The first-order valence-electron chi connectivity index (χ1n) is 11.1. The van der Waals surface area contributed by atoms with E-state index in [0.717, 1.165) is 11.3 Å². The smallest absolute Gasteiger partial charge is 0.233 e. The van der Waals surface area contributed by atoms with Gasteiger partial charge in [-0.2, -0.15) is 5.10 Å². The molecule has 7 nitrogen and oxygen atoms in total. The molecule has 32 heavy (non-hydrogen) atoms. The molecule has 0 saturated carbocycles. The molecule has 1 atom stereocenters. The number of amides is 1. The van der Waals surface area contributed by atoms with E-state index in [-0.39, 0.29) is 17.6 Å². The molecule has 0 aliphatic carbocycles. The van der Waals surface area contributed by atoms with Crippen LogP contribution in [0.4, 0.5) is 4.39 Å². The number of rotatable bonds is 4. The predicted molar refractivity (Wildman–Crippen MR) is 116 cm³/mol. The van der Waals surface area contributed by atoms with Crippen LogP contribution in [0.5, 0.6) is 0 Å². The van der Waals surface area contributed by atoms with Gasteiger partial charge >= 0.3 is 0 Å². The summed E-state index contributed by atoms with van der Waals surface area (Å²) in [7, 11) is 0. The summed E-state index contributed by atoms with van der Waals surface area (Å²) in [6, 6.07) is 10.6. The van der Waals surface area contributed by atoms with Gasteiger partial charge in [0.15, 0.2) is 5.65 Å². The summed E-state index contributed by atoms with van der Waals surface area (Å²) in [4.78, 5) is 20.0. The van der Waals surface area contributed by atoms with Crippen molar-refractivity contribution < 1.29 is 18.7 Å². The van der Waals surface area contributed by atoms with Crippen molar-refractivity contribution in [2.75, 3.05) is 39.5 Å². The molecule has 1 aromatic carbocycles. The van der Waals surface area contributed by atoms with E-state index >= 15 is 0 Å². The zero-order valence-electron chi connectivity index (χ0n) is 18.0. The number of halogens is 1. The number of benzene rings is 1. The fourth-order valence-corrected chi connectivity index (χ4v) is 4.92. The van der Waals surface area contributed by atoms with Gasteiger partial charge in [0.25, 0.3) is 0 Å². The van der Waals surface area contributed by atoms with Crippen LogP contribution in [0, 0.1) is 11.7 Å². The standard InChI is InChI=1S/C24H27FN4O3/c25-21-4-2-1-3-20(21)24(7-12-31-13-8-24)23(30)28-11-14-32-17-18(16-28)15-19-5-6-22-26-9-10-29(22)27-19/h1-6,9-10,18H,7-8,11-17H2/t18-/m0/s1. The monoisotopic (exact) mass is 438 g/mol. The lowest BCUT2D eigenvalue weighted by Crippen LogP contribution is -2.51. The summed E-state index contributed by atoms with van der Waals surface area (Å²) in [5, 5.41) is 4.62. The molecule has 0 N–H and O–H groups in total. The Bertz CT molecular complexity index is 1100. The Labute approximate surface area is 186 Å². The second kappa shape index (κ2) is 8.96. The van der Waals surface area contributed by atoms with Gasteiger partial charge in [-0.25, -0.2) is 13.9 Å². The third kappa shape index (κ3) is 4.00. The van der Waals surface area contributed by atoms with Crippen molar-refractivity contribution in [3.8, 4) is 0 Å². The quantitative estimate of drug-likeness (QED) is 0.627. The molecule has 4 heterocycles. The largest absolute Gasteiger partial charge is 0.381 e. The fourth-order valence-electron chi connectivity index (χ4n) is 4.92. The van der Waals surface area contributed by atoms with Crippen molar-refractivity contribution in [2.45, 2.75) is 24.7 Å². The molecule has 8 heteroatoms. The number of ether oxygens (including phenoxy) is 2. The van der Waals surface area contributed by atoms with Crippen LogP contribution in [-0.2, 0) is 26.1 Å². The Morgan fingerprint density at radius 3 is 2.81 bits per heavy atom. The second-order valence-corrected chi connectivity index (χ2v) is 8.63. The Balaban J connectivity index is 1.39. The third-order valence-corrected chi connectivity index (χ3v) is 6.58. The van der Waals surface area contributed by atoms with Crippen molar-refractivity contribution in [2.24, 2.45) is 5.92 Å². The normalized spacial score (nSPS) is 21.4. The van der Waals surface area contributed by atoms with E-state index in [0.29, 0.717) is 64.3 Å². The molecule has 2 saturated heterocycles. The third-order valence-electron chi connectivity index (χ3n) is 6.58. The van der Waals surface area contributed by atoms with Crippen molar-refractivity contribution in [1.82, 2.24) is 19.5 Å². The van der Waals surface area contributed by atoms with Crippen LogP contribution >= 0.6 is 0 Å². The summed E-state index contributed by atoms with van der Waals surface area (Å²) in [6.07, 6.45) is 5.19. The molecule has 2 aromatic heterocycles. The maximum atomic E-state index is 14.8. The predicted octanol–water partition coefficient (Wildman–Crippen LogP) is 2.63. The van der Waals surface area contributed by atoms with Crippen LogP contribution in [-0.4, -0.2) is 64.9 Å². The molecule has 2 aliphatic heterocycles. The van der Waals surface area contributed by atoms with E-state index in [1.807, 2.05) is 23.2 Å². The number of nitrogens with zero attached hydrogens (tertiary/aromatic N) is 4. The molecule has 0 bridgehead atoms. The number of carbonyl (C=O) groups is 1. The van der Waals surface area contributed by atoms with Crippen LogP contribution in [0.3, 0.4) is 0 Å². The van der Waals surface area contributed by atoms with Crippen molar-refractivity contribution in [3.05, 3.63) is 65.9 Å². The number of imidazole rings is 1. The second-order valence-electron chi connectivity index (χ2n) is 8.63. The Kier molecular flexibility index (Phi) is 5.89. The Morgan fingerprint density at radius 2 is 1.97 bits per heavy atom. The average molecular weight is 439 g/mol. The first kappa shape index (κ1) is 21.0. The molecule has 0 unspecified atom stereocenters. The molecule has 3 aromatic rings. The van der Waals surface area contributed by atoms with Crippen LogP contribution in [0.1, 0.15) is 24.1 Å². The summed E-state index contributed by atoms with van der Waals surface area (Å²) in [6.45, 7) is 2.98. The van der Waals surface area contributed by atoms with Crippen LogP contribution in [0.2, 0.25) is 0 Å². The summed E-state index contributed by atoms with van der Waals surface area (Å²) in [5.41, 5.74) is 1.30. The first-order valence-corrected chi connectivity index (χ1v) is 11.1. The zero-order chi connectivity index (χ0) is 22.0. The Morgan fingerprint density at radius 1 is 1.12 bits per heavy atom. The number of carbonyl (C=O) groups excluding carboxylic acids is 1. The van der Waals surface area contributed by atoms with Crippen LogP contribution in [0.25, 0.3) is 5.65 Å². The molecule has 5 rings (SSSR count). The lowest BCUT2D eigenvalue weighted by Gasteiger charge is -2.40. The van der Waals surface area contributed by atoms with Gasteiger partial charge < -0.3 is 14.4 Å². The molecule has 2 fully saturated rings. The van der Waals surface area contributed by atoms with E-state index in [4.69, 9.17) is 9.47 Å². The highest BCUT2D eigenvalue weighted by molar-refractivity contribution is 5.88. The topological polar surface area (TPSA) is 69.0 Å². The van der Waals surface area contributed by atoms with Crippen molar-refractivity contribution >= 4 is 11.6 Å². The SMILES string of the molecule is O=C(N1CCOC[C@@H](Cc2ccc3nccn3n2)C1)C1(c2ccccc2F)CCOCC1. The fraction of sp³-hybridized carbons (Fsp3) is 0.458. The average Bonchev–Trinajstić information content (AvgIpc) is 3.16. The molecular formula is C24H27FN4O3. The molecule has 0 spiro atoms. The molecule has 2 aliphatic rings. The number of hydrogen-bond acceptors (Lipinski definition) is 5. The molecule has 0 radical (unpaired) electrons. The van der Waals surface area contributed by atoms with Gasteiger partial charge in [0.1, 0.15) is 5.82 Å². The molecule has 1 amide bonds. The van der Waals surface area contributed by atoms with Crippen LogP contribution < -0.4 is 0 Å². The van der Waals surface area contributed by atoms with E-state index in [1.54, 1.807) is 28.9 Å². The van der Waals surface area contributed by atoms with E-state index in [9.17, 15) is 9.18 Å². The number of hydrogen-bond donors (Lipinski definition) is 0. The van der Waals surface area contributed by atoms with Gasteiger partial charge in [0, 0.05) is 50.2 Å². The highest BCUT2D eigenvalue weighted by Crippen LogP contribution is 2.38. The van der Waals surface area contributed by atoms with Crippen molar-refractivity contribution in [1.29, 1.82) is 0 Å². The highest BCUT2D eigenvalue weighted by Gasteiger charge is 2.46. The first-order chi connectivity index (χ1) is 15.7. The lowest BCUT2D eigenvalue weighted by atomic mass is 9.72. The lowest BCUT2D eigenvalue weighted by molar-refractivity contribution is -0.142. The number of fused-ring (bicyclic) bond motifs is 1. The summed E-state index contributed by atoms with van der Waals surface area (Å²) < 4.78 is 28.0. The molecule has 168 valence electrons. The van der Waals surface area contributed by atoms with E-state index in [2.05, 4.69) is 10.1 Å². The van der Waals surface area contributed by atoms with Gasteiger partial charge in [0.05, 0.1) is 24.3 Å². The van der Waals surface area contributed by atoms with Gasteiger partial charge in [-0.05, 0) is 37.5 Å². The highest BCUT2D eigenvalue weighted by atomic mass is 19.1. The summed E-state index contributed by atoms with van der Waals surface area (Å²) in [5.74, 6) is -0.255. The van der Waals surface area contributed by atoms with E-state index in [1.165, 1.54) is 6.07 Å². The minimum absolute atomic E-state index is 0.0283. The van der Waals surface area contributed by atoms with Gasteiger partial charge in [0.2, 0.25) is 5.91 Å².